The average Bonchev–Trinajstić information content (AvgIpc) is 3.56. The molecule has 1 aliphatic carbocycles. The first-order chi connectivity index (χ1) is 19.6. The Labute approximate surface area is 244 Å². The summed E-state index contributed by atoms with van der Waals surface area (Å²) in [6, 6.07) is 12.9. The van der Waals surface area contributed by atoms with Crippen LogP contribution in [-0.2, 0) is 19.9 Å². The van der Waals surface area contributed by atoms with Gasteiger partial charge in [0, 0.05) is 35.9 Å². The number of anilines is 1. The van der Waals surface area contributed by atoms with Crippen molar-refractivity contribution in [1.29, 1.82) is 0 Å². The molecule has 0 radical (unpaired) electrons. The minimum absolute atomic E-state index is 0.00688. The van der Waals surface area contributed by atoms with E-state index in [1.54, 1.807) is 16.9 Å². The summed E-state index contributed by atoms with van der Waals surface area (Å²) in [7, 11) is 1.81. The van der Waals surface area contributed by atoms with Crippen LogP contribution in [-0.4, -0.2) is 46.7 Å². The number of nitrogens with zero attached hydrogens (tertiary/aromatic N) is 2. The molecule has 0 spiro atoms. The molecule has 0 fully saturated rings. The highest BCUT2D eigenvalue weighted by atomic mass is 32.1. The van der Waals surface area contributed by atoms with E-state index in [2.05, 4.69) is 47.9 Å². The van der Waals surface area contributed by atoms with Crippen molar-refractivity contribution in [1.82, 2.24) is 20.7 Å². The molecule has 216 valence electrons. The minimum atomic E-state index is -0.381. The zero-order chi connectivity index (χ0) is 29.1. The molecule has 2 atom stereocenters. The number of thiophene rings is 1. The number of amides is 2. The van der Waals surface area contributed by atoms with Crippen LogP contribution in [0.4, 0.5) is 5.69 Å². The van der Waals surface area contributed by atoms with Crippen molar-refractivity contribution < 1.29 is 19.4 Å². The summed E-state index contributed by atoms with van der Waals surface area (Å²) in [5.74, 6) is 0.188. The van der Waals surface area contributed by atoms with Crippen LogP contribution >= 0.6 is 11.3 Å². The molecule has 41 heavy (non-hydrogen) atoms. The number of aliphatic hydroxyl groups excluding tert-OH is 1. The van der Waals surface area contributed by atoms with Gasteiger partial charge in [-0.25, -0.2) is 4.98 Å². The normalized spacial score (nSPS) is 15.9. The summed E-state index contributed by atoms with van der Waals surface area (Å²) in [6.07, 6.45) is 4.90. The molecular formula is C31H39N6O3S+. The second kappa shape index (κ2) is 12.1. The van der Waals surface area contributed by atoms with Gasteiger partial charge in [-0.1, -0.05) is 32.9 Å². The van der Waals surface area contributed by atoms with E-state index in [1.165, 1.54) is 16.9 Å². The van der Waals surface area contributed by atoms with E-state index >= 15 is 0 Å². The van der Waals surface area contributed by atoms with Crippen LogP contribution in [0.2, 0.25) is 0 Å². The Balaban J connectivity index is 1.34. The lowest BCUT2D eigenvalue weighted by atomic mass is 9.71. The zero-order valence-electron chi connectivity index (χ0n) is 24.1. The van der Waals surface area contributed by atoms with Gasteiger partial charge >= 0.3 is 0 Å². The summed E-state index contributed by atoms with van der Waals surface area (Å²) in [5.41, 5.74) is 4.61. The Hall–Kier alpha value is -3.60. The van der Waals surface area contributed by atoms with Gasteiger partial charge in [0.25, 0.3) is 11.8 Å². The van der Waals surface area contributed by atoms with Gasteiger partial charge in [-0.3, -0.25) is 9.59 Å². The summed E-state index contributed by atoms with van der Waals surface area (Å²) in [4.78, 5) is 32.6. The first kappa shape index (κ1) is 28.9. The van der Waals surface area contributed by atoms with Crippen LogP contribution in [0.3, 0.4) is 0 Å². The molecular weight excluding hydrogens is 536 g/mol. The fourth-order valence-electron chi connectivity index (χ4n) is 5.39. The molecule has 1 aliphatic rings. The van der Waals surface area contributed by atoms with Gasteiger partial charge in [0.1, 0.15) is 4.83 Å². The van der Waals surface area contributed by atoms with Crippen molar-refractivity contribution in [3.8, 4) is 0 Å². The molecule has 5 N–H and O–H groups in total. The fourth-order valence-corrected chi connectivity index (χ4v) is 6.33. The lowest BCUT2D eigenvalue weighted by Crippen LogP contribution is -2.36. The molecule has 0 aliphatic heterocycles. The van der Waals surface area contributed by atoms with Crippen molar-refractivity contribution in [2.45, 2.75) is 46.1 Å². The molecule has 0 bridgehead atoms. The quantitative estimate of drug-likeness (QED) is 0.153. The predicted octanol–water partition coefficient (Wildman–Crippen LogP) is 3.91. The maximum atomic E-state index is 13.5. The second-order valence-electron chi connectivity index (χ2n) is 11.9. The van der Waals surface area contributed by atoms with Crippen LogP contribution in [0.1, 0.15) is 70.2 Å². The Morgan fingerprint density at radius 2 is 2.02 bits per heavy atom. The van der Waals surface area contributed by atoms with Gasteiger partial charge in [0.05, 0.1) is 17.5 Å². The van der Waals surface area contributed by atoms with Crippen molar-refractivity contribution in [3.05, 3.63) is 76.1 Å². The number of nitrogens with one attached hydrogen (secondary N) is 4. The Bertz CT molecular complexity index is 1550. The Morgan fingerprint density at radius 1 is 1.20 bits per heavy atom. The highest BCUT2D eigenvalue weighted by molar-refractivity contribution is 7.20. The smallest absolute Gasteiger partial charge is 0.277 e. The van der Waals surface area contributed by atoms with E-state index in [1.807, 2.05) is 37.4 Å². The molecule has 5 rings (SSSR count). The number of H-pyrrole nitrogens is 1. The number of hydrogen-bond donors (Lipinski definition) is 5. The van der Waals surface area contributed by atoms with Gasteiger partial charge in [-0.2, -0.15) is 5.10 Å². The largest absolute Gasteiger partial charge is 0.395 e. The van der Waals surface area contributed by atoms with E-state index in [0.29, 0.717) is 35.3 Å². The number of benzene rings is 1. The maximum Gasteiger partial charge on any atom is 0.277 e. The number of pyridine rings is 1. The number of aliphatic hydroxyl groups is 1. The number of carbonyl (C=O) groups is 2. The number of carbonyl (C=O) groups excluding carboxylic acids is 2. The lowest BCUT2D eigenvalue weighted by molar-refractivity contribution is -0.726. The standard InChI is InChI=1S/C31H38N6O3S/c1-31(2,3)22-8-9-24-20(15-22)14-21-17-27(41-30(21)35-24)29(40)34-26(18-32-11-13-38)19-6-5-7-23(16-19)33-28(39)25-10-12-37(4)36-25/h5-7,10,12,14,16-17,22,26,32,38H,8-9,11,13,15,18H2,1-4H3,(H2,33,34,39,40)/p+1/t22-,26-/m1/s1. The molecule has 2 amide bonds. The molecule has 0 saturated heterocycles. The number of rotatable bonds is 9. The molecule has 4 aromatic rings. The van der Waals surface area contributed by atoms with Crippen LogP contribution < -0.4 is 20.6 Å². The summed E-state index contributed by atoms with van der Waals surface area (Å²) >= 11 is 1.42. The lowest BCUT2D eigenvalue weighted by Gasteiger charge is -2.34. The van der Waals surface area contributed by atoms with Gasteiger partial charge in [0.2, 0.25) is 0 Å². The SMILES string of the molecule is C[n+]1ccc(C(=O)Nc2cccc([C@@H](CNCCO)NC(=O)c3cc4cc5c(nc4s3)CC[C@@H](C(C)(C)C)C5)c2)[nH]1. The van der Waals surface area contributed by atoms with Gasteiger partial charge < -0.3 is 21.1 Å². The highest BCUT2D eigenvalue weighted by Gasteiger charge is 2.30. The van der Waals surface area contributed by atoms with E-state index in [4.69, 9.17) is 4.98 Å². The molecule has 3 heterocycles. The Morgan fingerprint density at radius 3 is 2.76 bits per heavy atom. The Kier molecular flexibility index (Phi) is 8.53. The molecule has 0 saturated carbocycles. The number of aromatic amines is 1. The second-order valence-corrected chi connectivity index (χ2v) is 12.9. The highest BCUT2D eigenvalue weighted by Crippen LogP contribution is 2.38. The fraction of sp³-hybridized carbons (Fsp3) is 0.419. The molecule has 3 aromatic heterocycles. The van der Waals surface area contributed by atoms with Crippen molar-refractivity contribution >= 4 is 39.1 Å². The summed E-state index contributed by atoms with van der Waals surface area (Å²) < 4.78 is 1.70. The molecule has 1 aromatic carbocycles. The molecule has 0 unspecified atom stereocenters. The average molecular weight is 576 g/mol. The maximum absolute atomic E-state index is 13.5. The third kappa shape index (κ3) is 6.83. The number of aryl methyl sites for hydroxylation is 2. The van der Waals surface area contributed by atoms with Crippen LogP contribution in [0, 0.1) is 11.3 Å². The van der Waals surface area contributed by atoms with Crippen LogP contribution in [0.25, 0.3) is 10.2 Å². The van der Waals surface area contributed by atoms with Crippen molar-refractivity contribution in [2.75, 3.05) is 25.0 Å². The first-order valence-electron chi connectivity index (χ1n) is 14.1. The van der Waals surface area contributed by atoms with Gasteiger partial charge in [0.15, 0.2) is 18.9 Å². The minimum Gasteiger partial charge on any atom is -0.395 e. The number of hydrogen-bond acceptors (Lipinski definition) is 6. The van der Waals surface area contributed by atoms with Crippen LogP contribution in [0.15, 0.2) is 48.7 Å². The monoisotopic (exact) mass is 575 g/mol. The topological polar surface area (TPSA) is 123 Å². The van der Waals surface area contributed by atoms with Gasteiger partial charge in [-0.15, -0.1) is 16.0 Å². The van der Waals surface area contributed by atoms with Crippen molar-refractivity contribution in [3.63, 3.8) is 0 Å². The van der Waals surface area contributed by atoms with E-state index in [-0.39, 0.29) is 29.9 Å². The summed E-state index contributed by atoms with van der Waals surface area (Å²) in [6.45, 7) is 7.73. The first-order valence-corrected chi connectivity index (χ1v) is 14.9. The van der Waals surface area contributed by atoms with E-state index < -0.39 is 0 Å². The number of fused-ring (bicyclic) bond motifs is 2. The van der Waals surface area contributed by atoms with Gasteiger partial charge in [-0.05, 0) is 66.0 Å². The van der Waals surface area contributed by atoms with Crippen LogP contribution in [0.5, 0.6) is 0 Å². The van der Waals surface area contributed by atoms with E-state index in [9.17, 15) is 14.7 Å². The zero-order valence-corrected chi connectivity index (χ0v) is 24.9. The van der Waals surface area contributed by atoms with Crippen molar-refractivity contribution in [2.24, 2.45) is 18.4 Å². The predicted molar refractivity (Wildman–Crippen MR) is 161 cm³/mol. The number of aromatic nitrogens is 3. The summed E-state index contributed by atoms with van der Waals surface area (Å²) in [5, 5.41) is 22.5. The third-order valence-electron chi connectivity index (χ3n) is 7.82. The molecule has 10 heteroatoms. The third-order valence-corrected chi connectivity index (χ3v) is 8.86. The van der Waals surface area contributed by atoms with E-state index in [0.717, 1.165) is 40.7 Å². The molecule has 9 nitrogen and oxygen atoms in total.